The number of ether oxygens (including phenoxy) is 1. The van der Waals surface area contributed by atoms with Crippen LogP contribution in [-0.4, -0.2) is 49.6 Å². The van der Waals surface area contributed by atoms with E-state index in [1.165, 1.54) is 57.7 Å². The zero-order valence-corrected chi connectivity index (χ0v) is 24.6. The highest BCUT2D eigenvalue weighted by Gasteiger charge is 2.07. The van der Waals surface area contributed by atoms with Crippen molar-refractivity contribution >= 4 is 17.3 Å². The van der Waals surface area contributed by atoms with Crippen LogP contribution in [0.25, 0.3) is 0 Å². The molecule has 1 saturated heterocycles. The van der Waals surface area contributed by atoms with Gasteiger partial charge in [-0.15, -0.1) is 0 Å². The maximum Gasteiger partial charge on any atom is 0.127 e. The van der Waals surface area contributed by atoms with Crippen LogP contribution in [0.5, 0.6) is 0 Å². The molecule has 2 aliphatic rings. The molecule has 1 aliphatic heterocycles. The van der Waals surface area contributed by atoms with Crippen LogP contribution in [0.2, 0.25) is 0 Å². The topological polar surface area (TPSA) is 45.1 Å². The minimum atomic E-state index is -0.233. The molecule has 0 saturated carbocycles. The minimum Gasteiger partial charge on any atom is -0.501 e. The summed E-state index contributed by atoms with van der Waals surface area (Å²) >= 11 is 5.81. The van der Waals surface area contributed by atoms with E-state index in [0.717, 1.165) is 25.0 Å². The summed E-state index contributed by atoms with van der Waals surface area (Å²) in [6.45, 7) is 10.1. The van der Waals surface area contributed by atoms with Crippen LogP contribution in [0.15, 0.2) is 57.4 Å². The number of hydrogen-bond acceptors (Lipinski definition) is 4. The molecule has 0 unspecified atom stereocenters. The second-order valence-electron chi connectivity index (χ2n) is 9.67. The number of allylic oxidation sites excluding steroid dienone is 5. The fourth-order valence-electron chi connectivity index (χ4n) is 4.15. The fourth-order valence-corrected chi connectivity index (χ4v) is 4.25. The summed E-state index contributed by atoms with van der Waals surface area (Å²) < 4.78 is 19.0. The Balaban J connectivity index is 0.000000317. The van der Waals surface area contributed by atoms with Crippen LogP contribution in [0.4, 0.5) is 4.39 Å². The van der Waals surface area contributed by atoms with Crippen molar-refractivity contribution in [2.45, 2.75) is 85.5 Å². The van der Waals surface area contributed by atoms with Crippen molar-refractivity contribution in [2.75, 3.05) is 33.9 Å². The number of hydrogen-bond donors (Lipinski definition) is 1. The highest BCUT2D eigenvalue weighted by atomic mass is 35.5. The summed E-state index contributed by atoms with van der Waals surface area (Å²) in [4.78, 5) is 6.62. The Kier molecular flexibility index (Phi) is 17.1. The molecular formula is C31H48ClFN2O2. The number of halogens is 2. The number of aliphatic imine (C=N–C) groups is 1. The number of aliphatic hydroxyl groups excluding tert-OH is 1. The maximum atomic E-state index is 13.8. The van der Waals surface area contributed by atoms with Gasteiger partial charge in [-0.3, -0.25) is 4.99 Å². The molecule has 3 rings (SSSR count). The van der Waals surface area contributed by atoms with Crippen molar-refractivity contribution in [2.24, 2.45) is 4.99 Å². The predicted octanol–water partition coefficient (Wildman–Crippen LogP) is 8.19. The van der Waals surface area contributed by atoms with Crippen LogP contribution in [0, 0.1) is 5.82 Å². The smallest absolute Gasteiger partial charge is 0.127 e. The summed E-state index contributed by atoms with van der Waals surface area (Å²) in [6, 6.07) is 5.09. The average Bonchev–Trinajstić information content (AvgIpc) is 2.90. The van der Waals surface area contributed by atoms with Gasteiger partial charge in [0.1, 0.15) is 5.82 Å². The molecule has 0 bridgehead atoms. The van der Waals surface area contributed by atoms with Crippen LogP contribution in [-0.2, 0) is 11.2 Å². The van der Waals surface area contributed by atoms with Crippen molar-refractivity contribution in [3.63, 3.8) is 0 Å². The molecule has 1 aromatic rings. The molecule has 0 amide bonds. The van der Waals surface area contributed by atoms with E-state index >= 15 is 0 Å². The number of piperidine rings is 1. The number of rotatable bonds is 8. The van der Waals surface area contributed by atoms with Gasteiger partial charge in [-0.1, -0.05) is 68.5 Å². The second kappa shape index (κ2) is 19.2. The predicted molar refractivity (Wildman–Crippen MR) is 157 cm³/mol. The first-order valence-electron chi connectivity index (χ1n) is 13.7. The number of likely N-dealkylation sites (tertiary alicyclic amines) is 1. The van der Waals surface area contributed by atoms with Gasteiger partial charge in [-0.05, 0) is 89.4 Å². The maximum absolute atomic E-state index is 13.8. The van der Waals surface area contributed by atoms with Gasteiger partial charge in [-0.25, -0.2) is 4.39 Å². The van der Waals surface area contributed by atoms with E-state index in [1.54, 1.807) is 32.6 Å². The number of benzene rings is 1. The van der Waals surface area contributed by atoms with Crippen LogP contribution >= 0.6 is 11.6 Å². The highest BCUT2D eigenvalue weighted by molar-refractivity contribution is 6.29. The Morgan fingerprint density at radius 1 is 1.05 bits per heavy atom. The molecule has 0 atom stereocenters. The van der Waals surface area contributed by atoms with Crippen LogP contribution in [0.1, 0.15) is 90.2 Å². The summed E-state index contributed by atoms with van der Waals surface area (Å²) in [5.74, 6) is 0.899. The third-order valence-electron chi connectivity index (χ3n) is 6.45. The first-order valence-corrected chi connectivity index (χ1v) is 14.0. The van der Waals surface area contributed by atoms with Gasteiger partial charge >= 0.3 is 0 Å². The molecule has 208 valence electrons. The van der Waals surface area contributed by atoms with E-state index in [0.29, 0.717) is 27.6 Å². The van der Waals surface area contributed by atoms with Gasteiger partial charge in [0.05, 0.1) is 25.2 Å². The van der Waals surface area contributed by atoms with Crippen LogP contribution < -0.4 is 0 Å². The number of nitrogens with zero attached hydrogens (tertiary/aromatic N) is 2. The molecule has 1 aromatic carbocycles. The SMILES string of the molecule is CCCC1=CC=C(OC)CC1.CCCc1ccc(C(C)=N/C(CO)=C(\C)Cl)cc1F.CN1CCCCC1. The first kappa shape index (κ1) is 33.1. The van der Waals surface area contributed by atoms with Crippen molar-refractivity contribution in [3.05, 3.63) is 69.4 Å². The average molecular weight is 535 g/mol. The number of aliphatic hydroxyl groups is 1. The molecule has 1 fully saturated rings. The lowest BCUT2D eigenvalue weighted by atomic mass is 10.00. The van der Waals surface area contributed by atoms with Gasteiger partial charge in [0, 0.05) is 17.2 Å². The van der Waals surface area contributed by atoms with E-state index in [2.05, 4.69) is 36.0 Å². The highest BCUT2D eigenvalue weighted by Crippen LogP contribution is 2.21. The zero-order valence-electron chi connectivity index (χ0n) is 23.9. The van der Waals surface area contributed by atoms with E-state index < -0.39 is 0 Å². The molecule has 0 aromatic heterocycles. The summed E-state index contributed by atoms with van der Waals surface area (Å²) in [6.07, 6.45) is 15.0. The van der Waals surface area contributed by atoms with E-state index in [4.69, 9.17) is 21.4 Å². The standard InChI is InChI=1S/C15H19ClFNO.C10H16O.C6H13N/c1-4-5-12-6-7-13(8-14(12)17)11(3)18-15(9-19)10(2)16;1-3-4-9-5-7-10(11-2)8-6-9;1-7-5-3-2-4-6-7/h6-8,19H,4-5,9H2,1-3H3;5,7H,3-4,6,8H2,1-2H3;2-6H2,1H3/b15-10+,18-11?;;. The molecule has 6 heteroatoms. The summed E-state index contributed by atoms with van der Waals surface area (Å²) in [7, 11) is 3.93. The first-order chi connectivity index (χ1) is 17.7. The lowest BCUT2D eigenvalue weighted by Gasteiger charge is -2.20. The normalized spacial score (nSPS) is 16.8. The Labute approximate surface area is 230 Å². The number of aryl methyl sites for hydroxylation is 1. The molecule has 1 aliphatic carbocycles. The van der Waals surface area contributed by atoms with Crippen molar-refractivity contribution < 1.29 is 14.2 Å². The van der Waals surface area contributed by atoms with Gasteiger partial charge in [0.2, 0.25) is 0 Å². The third kappa shape index (κ3) is 13.4. The molecule has 4 nitrogen and oxygen atoms in total. The molecule has 1 heterocycles. The van der Waals surface area contributed by atoms with Crippen molar-refractivity contribution in [1.29, 1.82) is 0 Å². The van der Waals surface area contributed by atoms with Gasteiger partial charge in [0.15, 0.2) is 0 Å². The monoisotopic (exact) mass is 534 g/mol. The molecule has 0 radical (unpaired) electrons. The molecular weight excluding hydrogens is 487 g/mol. The minimum absolute atomic E-state index is 0.217. The lowest BCUT2D eigenvalue weighted by molar-refractivity contribution is 0.275. The zero-order chi connectivity index (χ0) is 27.6. The molecule has 1 N–H and O–H groups in total. The largest absolute Gasteiger partial charge is 0.501 e. The van der Waals surface area contributed by atoms with Gasteiger partial charge < -0.3 is 14.7 Å². The van der Waals surface area contributed by atoms with Crippen LogP contribution in [0.3, 0.4) is 0 Å². The van der Waals surface area contributed by atoms with E-state index in [-0.39, 0.29) is 12.4 Å². The Morgan fingerprint density at radius 3 is 2.16 bits per heavy atom. The molecule has 37 heavy (non-hydrogen) atoms. The van der Waals surface area contributed by atoms with Crippen molar-refractivity contribution in [1.82, 2.24) is 4.90 Å². The lowest BCUT2D eigenvalue weighted by Crippen LogP contribution is -2.24. The molecule has 0 spiro atoms. The third-order valence-corrected chi connectivity index (χ3v) is 6.67. The Bertz CT molecular complexity index is 927. The Hall–Kier alpha value is -1.95. The van der Waals surface area contributed by atoms with E-state index in [1.807, 2.05) is 13.0 Å². The Morgan fingerprint density at radius 2 is 1.73 bits per heavy atom. The fraction of sp³-hybridized carbons (Fsp3) is 0.581. The summed E-state index contributed by atoms with van der Waals surface area (Å²) in [5.41, 5.74) is 4.00. The van der Waals surface area contributed by atoms with E-state index in [9.17, 15) is 4.39 Å². The van der Waals surface area contributed by atoms with Gasteiger partial charge in [0.25, 0.3) is 0 Å². The number of methoxy groups -OCH3 is 1. The van der Waals surface area contributed by atoms with Crippen molar-refractivity contribution in [3.8, 4) is 0 Å². The summed E-state index contributed by atoms with van der Waals surface area (Å²) in [5, 5.41) is 9.57. The van der Waals surface area contributed by atoms with Gasteiger partial charge in [-0.2, -0.15) is 0 Å². The quantitative estimate of drug-likeness (QED) is 0.342. The second-order valence-corrected chi connectivity index (χ2v) is 10.2.